The number of benzene rings is 1. The number of ether oxygens (including phenoxy) is 1. The van der Waals surface area contributed by atoms with Crippen molar-refractivity contribution in [3.8, 4) is 0 Å². The van der Waals surface area contributed by atoms with Crippen LogP contribution in [0.1, 0.15) is 46.8 Å². The van der Waals surface area contributed by atoms with E-state index in [0.29, 0.717) is 24.0 Å². The third kappa shape index (κ3) is 5.99. The summed E-state index contributed by atoms with van der Waals surface area (Å²) in [6.07, 6.45) is 7.92. The first kappa shape index (κ1) is 19.6. The van der Waals surface area contributed by atoms with Crippen LogP contribution in [0.15, 0.2) is 49.6 Å². The molecule has 0 aliphatic heterocycles. The van der Waals surface area contributed by atoms with E-state index in [9.17, 15) is 9.59 Å². The number of hydrogen-bond acceptors (Lipinski definition) is 3. The van der Waals surface area contributed by atoms with Gasteiger partial charge in [0.25, 0.3) is 0 Å². The lowest BCUT2D eigenvalue weighted by Gasteiger charge is -2.16. The molecule has 0 heterocycles. The Hall–Kier alpha value is -2.42. The van der Waals surface area contributed by atoms with Gasteiger partial charge in [0.05, 0.1) is 5.56 Å². The van der Waals surface area contributed by atoms with E-state index in [1.807, 2.05) is 32.9 Å². The molecule has 0 fully saturated rings. The summed E-state index contributed by atoms with van der Waals surface area (Å²) in [5.41, 5.74) is 3.03. The van der Waals surface area contributed by atoms with Crippen molar-refractivity contribution in [1.29, 1.82) is 0 Å². The van der Waals surface area contributed by atoms with Crippen LogP contribution >= 0.6 is 0 Å². The van der Waals surface area contributed by atoms with E-state index in [4.69, 9.17) is 4.74 Å². The van der Waals surface area contributed by atoms with Gasteiger partial charge in [-0.15, -0.1) is 13.2 Å². The van der Waals surface area contributed by atoms with Gasteiger partial charge in [0.1, 0.15) is 6.10 Å². The highest BCUT2D eigenvalue weighted by Gasteiger charge is 2.19. The molecule has 0 aromatic heterocycles. The summed E-state index contributed by atoms with van der Waals surface area (Å²) in [5.74, 6) is -0.435. The molecule has 1 aromatic rings. The molecule has 0 aliphatic carbocycles. The maximum Gasteiger partial charge on any atom is 0.338 e. The number of carbonyl (C=O) groups excluding carboxylic acids is 2. The van der Waals surface area contributed by atoms with Crippen molar-refractivity contribution in [2.24, 2.45) is 0 Å². The Kier molecular flexibility index (Phi) is 7.90. The van der Waals surface area contributed by atoms with Crippen molar-refractivity contribution < 1.29 is 14.3 Å². The van der Waals surface area contributed by atoms with E-state index in [1.165, 1.54) is 6.08 Å². The lowest BCUT2D eigenvalue weighted by Crippen LogP contribution is -2.18. The largest absolute Gasteiger partial charge is 0.459 e. The number of hydrogen-bond donors (Lipinski definition) is 0. The molecule has 0 saturated carbocycles. The van der Waals surface area contributed by atoms with Crippen molar-refractivity contribution in [3.63, 3.8) is 0 Å². The average molecular weight is 326 g/mol. The quantitative estimate of drug-likeness (QED) is 0.376. The van der Waals surface area contributed by atoms with E-state index >= 15 is 0 Å². The van der Waals surface area contributed by atoms with Crippen molar-refractivity contribution >= 4 is 11.8 Å². The molecule has 1 rings (SSSR count). The lowest BCUT2D eigenvalue weighted by molar-refractivity contribution is -0.114. The minimum absolute atomic E-state index is 0.0463. The molecular weight excluding hydrogens is 300 g/mol. The SMILES string of the molecule is C=CC/C=C/C(=O)Cc1cc(C)cc(C)c1C(=O)OC(C)CC=C. The average Bonchev–Trinajstić information content (AvgIpc) is 2.46. The van der Waals surface area contributed by atoms with Gasteiger partial charge in [-0.25, -0.2) is 4.79 Å². The second-order valence-electron chi connectivity index (χ2n) is 5.93. The van der Waals surface area contributed by atoms with Gasteiger partial charge in [-0.1, -0.05) is 35.9 Å². The van der Waals surface area contributed by atoms with E-state index in [0.717, 1.165) is 11.1 Å². The van der Waals surface area contributed by atoms with Crippen molar-refractivity contribution in [1.82, 2.24) is 0 Å². The molecule has 0 radical (unpaired) electrons. The summed E-state index contributed by atoms with van der Waals surface area (Å²) < 4.78 is 5.47. The van der Waals surface area contributed by atoms with Crippen LogP contribution in [-0.2, 0) is 16.0 Å². The Balaban J connectivity index is 3.06. The van der Waals surface area contributed by atoms with Crippen LogP contribution in [0.5, 0.6) is 0 Å². The summed E-state index contributed by atoms with van der Waals surface area (Å²) >= 11 is 0. The van der Waals surface area contributed by atoms with Crippen molar-refractivity contribution in [2.45, 2.75) is 46.1 Å². The number of esters is 1. The Morgan fingerprint density at radius 2 is 1.92 bits per heavy atom. The molecule has 24 heavy (non-hydrogen) atoms. The van der Waals surface area contributed by atoms with Gasteiger partial charge >= 0.3 is 5.97 Å². The predicted molar refractivity (Wildman–Crippen MR) is 98.3 cm³/mol. The normalized spacial score (nSPS) is 12.0. The minimum atomic E-state index is -0.389. The number of allylic oxidation sites excluding steroid dienone is 3. The standard InChI is InChI=1S/C21H26O3/c1-6-8-9-11-19(22)14-18-13-15(3)12-16(4)20(18)21(23)24-17(5)10-7-2/h6-7,9,11-13,17H,1-2,8,10,14H2,3-5H3/b11-9+. The van der Waals surface area contributed by atoms with Gasteiger partial charge in [0, 0.05) is 12.8 Å². The third-order valence-corrected chi connectivity index (χ3v) is 3.54. The molecule has 0 N–H and O–H groups in total. The minimum Gasteiger partial charge on any atom is -0.459 e. The molecule has 1 unspecified atom stereocenters. The van der Waals surface area contributed by atoms with Crippen LogP contribution in [0, 0.1) is 13.8 Å². The number of rotatable bonds is 9. The zero-order valence-corrected chi connectivity index (χ0v) is 14.8. The molecule has 1 aromatic carbocycles. The molecule has 0 saturated heterocycles. The zero-order valence-electron chi connectivity index (χ0n) is 14.8. The summed E-state index contributed by atoms with van der Waals surface area (Å²) in [6, 6.07) is 3.80. The maximum absolute atomic E-state index is 12.5. The van der Waals surface area contributed by atoms with Crippen LogP contribution in [0.2, 0.25) is 0 Å². The summed E-state index contributed by atoms with van der Waals surface area (Å²) in [4.78, 5) is 24.6. The van der Waals surface area contributed by atoms with Gasteiger partial charge in [-0.05, 0) is 44.4 Å². The summed E-state index contributed by atoms with van der Waals surface area (Å²) in [5, 5.41) is 0. The zero-order chi connectivity index (χ0) is 18.1. The van der Waals surface area contributed by atoms with Crippen LogP contribution in [0.4, 0.5) is 0 Å². The van der Waals surface area contributed by atoms with E-state index in [1.54, 1.807) is 18.2 Å². The molecular formula is C21H26O3. The number of aryl methyl sites for hydroxylation is 2. The number of ketones is 1. The molecule has 1 atom stereocenters. The Morgan fingerprint density at radius 1 is 1.21 bits per heavy atom. The second-order valence-corrected chi connectivity index (χ2v) is 5.93. The van der Waals surface area contributed by atoms with Gasteiger partial charge in [0.2, 0.25) is 0 Å². The van der Waals surface area contributed by atoms with Gasteiger partial charge < -0.3 is 4.74 Å². The fraction of sp³-hybridized carbons (Fsp3) is 0.333. The van der Waals surface area contributed by atoms with Crippen LogP contribution in [0.3, 0.4) is 0 Å². The lowest BCUT2D eigenvalue weighted by atomic mass is 9.95. The van der Waals surface area contributed by atoms with Crippen LogP contribution in [0.25, 0.3) is 0 Å². The summed E-state index contributed by atoms with van der Waals surface area (Å²) in [6.45, 7) is 12.9. The van der Waals surface area contributed by atoms with E-state index in [-0.39, 0.29) is 24.3 Å². The van der Waals surface area contributed by atoms with E-state index in [2.05, 4.69) is 13.2 Å². The first-order valence-corrected chi connectivity index (χ1v) is 8.11. The summed E-state index contributed by atoms with van der Waals surface area (Å²) in [7, 11) is 0. The van der Waals surface area contributed by atoms with Crippen LogP contribution in [-0.4, -0.2) is 17.9 Å². The highest BCUT2D eigenvalue weighted by atomic mass is 16.5. The van der Waals surface area contributed by atoms with Gasteiger partial charge in [-0.2, -0.15) is 0 Å². The third-order valence-electron chi connectivity index (χ3n) is 3.54. The van der Waals surface area contributed by atoms with Crippen LogP contribution < -0.4 is 0 Å². The Bertz CT molecular complexity index is 653. The molecule has 0 aliphatic rings. The first-order chi connectivity index (χ1) is 11.4. The van der Waals surface area contributed by atoms with Gasteiger partial charge in [0.15, 0.2) is 5.78 Å². The van der Waals surface area contributed by atoms with Gasteiger partial charge in [-0.3, -0.25) is 4.79 Å². The monoisotopic (exact) mass is 326 g/mol. The Morgan fingerprint density at radius 3 is 2.54 bits per heavy atom. The highest BCUT2D eigenvalue weighted by Crippen LogP contribution is 2.20. The fourth-order valence-corrected chi connectivity index (χ4v) is 2.55. The molecule has 128 valence electrons. The first-order valence-electron chi connectivity index (χ1n) is 8.11. The number of carbonyl (C=O) groups is 2. The smallest absolute Gasteiger partial charge is 0.338 e. The molecule has 0 bridgehead atoms. The van der Waals surface area contributed by atoms with E-state index < -0.39 is 0 Å². The predicted octanol–water partition coefficient (Wildman–Crippen LogP) is 4.67. The molecule has 3 heteroatoms. The second kappa shape index (κ2) is 9.66. The van der Waals surface area contributed by atoms with Crippen molar-refractivity contribution in [3.05, 3.63) is 71.8 Å². The maximum atomic E-state index is 12.5. The molecule has 0 amide bonds. The molecule has 0 spiro atoms. The topological polar surface area (TPSA) is 43.4 Å². The fourth-order valence-electron chi connectivity index (χ4n) is 2.55. The van der Waals surface area contributed by atoms with Crippen molar-refractivity contribution in [2.75, 3.05) is 0 Å². The Labute approximate surface area is 144 Å². The molecule has 3 nitrogen and oxygen atoms in total. The highest BCUT2D eigenvalue weighted by molar-refractivity contribution is 5.97.